The molecule has 3 heteroatoms. The van der Waals surface area contributed by atoms with Crippen molar-refractivity contribution >= 4 is 3.21 Å². The fraction of sp³-hybridized carbons (Fsp3) is 0.323. The van der Waals surface area contributed by atoms with E-state index in [0.29, 0.717) is 9.54 Å². The minimum Gasteiger partial charge on any atom is -1.00 e. The molecule has 2 atom stereocenters. The van der Waals surface area contributed by atoms with Crippen LogP contribution >= 0.6 is 0 Å². The van der Waals surface area contributed by atoms with Crippen molar-refractivity contribution < 1.29 is 46.1 Å². The average molecular weight is 569 g/mol. The molecule has 0 nitrogen and oxygen atoms in total. The fourth-order valence-corrected chi connectivity index (χ4v) is 16.1. The van der Waals surface area contributed by atoms with Crippen molar-refractivity contribution in [3.8, 4) is 0 Å². The molecule has 0 fully saturated rings. The molecule has 0 N–H and O–H groups in total. The topological polar surface area (TPSA) is 0 Å². The van der Waals surface area contributed by atoms with Gasteiger partial charge in [-0.3, -0.25) is 0 Å². The molecule has 2 aromatic carbocycles. The van der Waals surface area contributed by atoms with Crippen molar-refractivity contribution in [1.29, 1.82) is 0 Å². The van der Waals surface area contributed by atoms with Gasteiger partial charge in [0.25, 0.3) is 0 Å². The first kappa shape index (κ1) is 27.3. The van der Waals surface area contributed by atoms with Gasteiger partial charge in [0.15, 0.2) is 0 Å². The van der Waals surface area contributed by atoms with Crippen LogP contribution in [0.4, 0.5) is 0 Å². The summed E-state index contributed by atoms with van der Waals surface area (Å²) in [5, 5.41) is 0. The number of rotatable bonds is 4. The second-order valence-corrected chi connectivity index (χ2v) is 15.8. The molecule has 0 amide bonds. The number of allylic oxidation sites excluding steroid dienone is 8. The van der Waals surface area contributed by atoms with E-state index in [-0.39, 0.29) is 24.8 Å². The van der Waals surface area contributed by atoms with E-state index in [1.54, 1.807) is 31.1 Å². The van der Waals surface area contributed by atoms with Gasteiger partial charge in [-0.05, 0) is 0 Å². The van der Waals surface area contributed by atoms with Crippen LogP contribution in [0.5, 0.6) is 0 Å². The molecule has 3 aliphatic rings. The van der Waals surface area contributed by atoms with Gasteiger partial charge in [-0.25, -0.2) is 0 Å². The summed E-state index contributed by atoms with van der Waals surface area (Å²) >= 11 is -2.39. The Morgan fingerprint density at radius 1 is 0.765 bits per heavy atom. The zero-order valence-electron chi connectivity index (χ0n) is 20.7. The van der Waals surface area contributed by atoms with E-state index in [2.05, 4.69) is 101 Å². The van der Waals surface area contributed by atoms with Crippen molar-refractivity contribution in [1.82, 2.24) is 0 Å². The number of hydrogen-bond donors (Lipinski definition) is 0. The van der Waals surface area contributed by atoms with Gasteiger partial charge < -0.3 is 24.8 Å². The number of hydrogen-bond acceptors (Lipinski definition) is 0. The Bertz CT molecular complexity index is 1160. The SMILES string of the molecule is CC1=C(C)C(C)[C]([Zr+2](=[C](c2ccccc2)c2ccccc2)[CH]2C=CC3=C2CCCC3)=C1C.[Cl-].[Cl-]. The standard InChI is InChI=1S/C13H10.C9H11.C9H13.2ClH.Zr/c1-3-7-12(8-4-1)11-13-9-5-2-6-10-13;1-2-5-9-7-3-6-8(9)4-1;1-6-5-7(2)9(4)8(6)3;;;/h1-10H;3,6-7H,1-2,4-5H2;6H,1-4H3;2*1H;/q;;;;;+2/p-2. The Balaban J connectivity index is 0.00000162. The maximum absolute atomic E-state index is 2.63. The molecule has 34 heavy (non-hydrogen) atoms. The van der Waals surface area contributed by atoms with E-state index < -0.39 is 21.3 Å². The molecule has 2 unspecified atom stereocenters. The molecule has 0 aliphatic heterocycles. The van der Waals surface area contributed by atoms with Crippen molar-refractivity contribution in [3.63, 3.8) is 0 Å². The summed E-state index contributed by atoms with van der Waals surface area (Å²) in [7, 11) is 0. The van der Waals surface area contributed by atoms with E-state index in [1.807, 2.05) is 3.28 Å². The van der Waals surface area contributed by atoms with E-state index in [4.69, 9.17) is 0 Å². The molecule has 2 aromatic rings. The maximum atomic E-state index is 2.63. The second kappa shape index (κ2) is 11.6. The molecular weight excluding hydrogens is 534 g/mol. The normalized spacial score (nSPS) is 21.0. The van der Waals surface area contributed by atoms with Crippen LogP contribution in [0.15, 0.2) is 104 Å². The van der Waals surface area contributed by atoms with Crippen LogP contribution in [0.2, 0.25) is 3.63 Å². The molecule has 0 heterocycles. The molecule has 176 valence electrons. The Kier molecular flexibility index (Phi) is 9.36. The van der Waals surface area contributed by atoms with Crippen LogP contribution in [0.1, 0.15) is 64.5 Å². The van der Waals surface area contributed by atoms with Crippen LogP contribution in [-0.2, 0) is 21.3 Å². The first-order valence-electron chi connectivity index (χ1n) is 12.2. The Hall–Kier alpha value is -1.27. The molecule has 0 saturated carbocycles. The summed E-state index contributed by atoms with van der Waals surface area (Å²) in [6.45, 7) is 9.63. The van der Waals surface area contributed by atoms with Gasteiger partial charge in [0.05, 0.1) is 0 Å². The monoisotopic (exact) mass is 566 g/mol. The Labute approximate surface area is 225 Å². The van der Waals surface area contributed by atoms with Gasteiger partial charge in [0, 0.05) is 0 Å². The maximum Gasteiger partial charge on any atom is -1.00 e. The summed E-state index contributed by atoms with van der Waals surface area (Å²) in [4.78, 5) is 0. The van der Waals surface area contributed by atoms with E-state index in [9.17, 15) is 0 Å². The first-order chi connectivity index (χ1) is 15.6. The molecule has 3 aliphatic carbocycles. The van der Waals surface area contributed by atoms with Gasteiger partial charge >= 0.3 is 202 Å². The molecule has 0 aromatic heterocycles. The summed E-state index contributed by atoms with van der Waals surface area (Å²) in [6, 6.07) is 22.7. The molecule has 0 radical (unpaired) electrons. The predicted octanol–water partition coefficient (Wildman–Crippen LogP) is 2.37. The van der Waals surface area contributed by atoms with E-state index in [1.165, 1.54) is 36.8 Å². The van der Waals surface area contributed by atoms with Crippen LogP contribution in [0.25, 0.3) is 0 Å². The first-order valence-corrected chi connectivity index (χ1v) is 16.1. The smallest absolute Gasteiger partial charge is 1.00 e. The molecule has 5 rings (SSSR count). The van der Waals surface area contributed by atoms with E-state index in [0.717, 1.165) is 0 Å². The molecule has 0 bridgehead atoms. The van der Waals surface area contributed by atoms with Crippen molar-refractivity contribution in [2.24, 2.45) is 5.92 Å². The summed E-state index contributed by atoms with van der Waals surface area (Å²) in [5.74, 6) is 0.577. The Morgan fingerprint density at radius 3 is 1.85 bits per heavy atom. The minimum absolute atomic E-state index is 0. The second-order valence-electron chi connectivity index (χ2n) is 9.68. The third kappa shape index (κ3) is 4.86. The average Bonchev–Trinajstić information content (AvgIpc) is 3.34. The van der Waals surface area contributed by atoms with Gasteiger partial charge in [-0.1, -0.05) is 0 Å². The molecule has 0 spiro atoms. The third-order valence-corrected chi connectivity index (χ3v) is 17.1. The summed E-state index contributed by atoms with van der Waals surface area (Å²) in [6.07, 6.45) is 10.5. The van der Waals surface area contributed by atoms with Gasteiger partial charge in [0.1, 0.15) is 0 Å². The van der Waals surface area contributed by atoms with Crippen LogP contribution < -0.4 is 24.8 Å². The quantitative estimate of drug-likeness (QED) is 0.532. The zero-order chi connectivity index (χ0) is 22.2. The molecular formula is C31H34Cl2Zr. The minimum atomic E-state index is -2.39. The van der Waals surface area contributed by atoms with Crippen LogP contribution in [0.3, 0.4) is 0 Å². The summed E-state index contributed by atoms with van der Waals surface area (Å²) in [5.41, 5.74) is 11.1. The predicted molar refractivity (Wildman–Crippen MR) is 135 cm³/mol. The van der Waals surface area contributed by atoms with Crippen molar-refractivity contribution in [2.75, 3.05) is 0 Å². The van der Waals surface area contributed by atoms with Gasteiger partial charge in [-0.2, -0.15) is 0 Å². The fourth-order valence-electron chi connectivity index (χ4n) is 6.04. The summed E-state index contributed by atoms with van der Waals surface area (Å²) < 4.78 is 4.18. The van der Waals surface area contributed by atoms with Crippen molar-refractivity contribution in [3.05, 3.63) is 115 Å². The largest absolute Gasteiger partial charge is 1.00 e. The van der Waals surface area contributed by atoms with Gasteiger partial charge in [-0.15, -0.1) is 0 Å². The third-order valence-electron chi connectivity index (χ3n) is 8.06. The number of benzene rings is 2. The zero-order valence-corrected chi connectivity index (χ0v) is 24.6. The van der Waals surface area contributed by atoms with E-state index >= 15 is 0 Å². The Morgan fingerprint density at radius 2 is 1.32 bits per heavy atom. The van der Waals surface area contributed by atoms with Crippen LogP contribution in [0, 0.1) is 5.92 Å². The number of halogens is 2. The van der Waals surface area contributed by atoms with Gasteiger partial charge in [0.2, 0.25) is 0 Å². The molecule has 0 saturated heterocycles. The van der Waals surface area contributed by atoms with Crippen LogP contribution in [-0.4, -0.2) is 3.21 Å². The van der Waals surface area contributed by atoms with Crippen molar-refractivity contribution in [2.45, 2.75) is 57.0 Å².